The summed E-state index contributed by atoms with van der Waals surface area (Å²) < 4.78 is 18.7. The summed E-state index contributed by atoms with van der Waals surface area (Å²) in [5, 5.41) is 7.07. The lowest BCUT2D eigenvalue weighted by Gasteiger charge is -2.19. The summed E-state index contributed by atoms with van der Waals surface area (Å²) in [5.41, 5.74) is 1.09. The largest absolute Gasteiger partial charge is 0.493 e. The number of hydrogen-bond acceptors (Lipinski definition) is 5. The van der Waals surface area contributed by atoms with Crippen LogP contribution in [0.1, 0.15) is 18.4 Å². The number of rotatable bonds is 8. The molecule has 2 heterocycles. The Morgan fingerprint density at radius 1 is 1.38 bits per heavy atom. The number of amides is 1. The zero-order chi connectivity index (χ0) is 18.4. The minimum absolute atomic E-state index is 0.0197. The van der Waals surface area contributed by atoms with E-state index in [1.54, 1.807) is 17.1 Å². The molecule has 0 aliphatic carbocycles. The van der Waals surface area contributed by atoms with Gasteiger partial charge in [-0.15, -0.1) is 0 Å². The molecule has 140 valence electrons. The predicted molar refractivity (Wildman–Crippen MR) is 96.3 cm³/mol. The van der Waals surface area contributed by atoms with E-state index < -0.39 is 0 Å². The van der Waals surface area contributed by atoms with E-state index in [4.69, 9.17) is 14.2 Å². The van der Waals surface area contributed by atoms with Crippen LogP contribution in [-0.4, -0.2) is 47.7 Å². The molecule has 1 aliphatic rings. The molecule has 2 atom stereocenters. The van der Waals surface area contributed by atoms with E-state index in [2.05, 4.69) is 10.4 Å². The van der Waals surface area contributed by atoms with Gasteiger partial charge in [-0.05, 0) is 25.0 Å². The Morgan fingerprint density at radius 3 is 3.00 bits per heavy atom. The molecule has 1 aliphatic heterocycles. The van der Waals surface area contributed by atoms with E-state index in [1.165, 1.54) is 0 Å². The Hall–Kier alpha value is -2.54. The SMILES string of the molecule is Cc1ccccc1OCCCC(=O)N[C@H]1COC[C@H]1Oc1cnn(C)c1. The van der Waals surface area contributed by atoms with Gasteiger partial charge in [-0.3, -0.25) is 9.48 Å². The van der Waals surface area contributed by atoms with Crippen molar-refractivity contribution >= 4 is 5.91 Å². The molecule has 0 bridgehead atoms. The quantitative estimate of drug-likeness (QED) is 0.728. The standard InChI is InChI=1S/C19H25N3O4/c1-14-6-3-4-7-17(14)25-9-5-8-19(23)21-16-12-24-13-18(16)26-15-10-20-22(2)11-15/h3-4,6-7,10-11,16,18H,5,8-9,12-13H2,1-2H3,(H,21,23)/t16-,18+/m0/s1. The molecule has 1 N–H and O–H groups in total. The molecule has 1 amide bonds. The maximum Gasteiger partial charge on any atom is 0.220 e. The molecule has 0 radical (unpaired) electrons. The highest BCUT2D eigenvalue weighted by atomic mass is 16.5. The van der Waals surface area contributed by atoms with Gasteiger partial charge in [-0.25, -0.2) is 0 Å². The van der Waals surface area contributed by atoms with Crippen molar-refractivity contribution in [3.63, 3.8) is 0 Å². The number of nitrogens with zero attached hydrogens (tertiary/aromatic N) is 2. The second kappa shape index (κ2) is 8.71. The Balaban J connectivity index is 1.39. The van der Waals surface area contributed by atoms with Gasteiger partial charge >= 0.3 is 0 Å². The third kappa shape index (κ3) is 4.98. The van der Waals surface area contributed by atoms with Gasteiger partial charge in [0.15, 0.2) is 5.75 Å². The predicted octanol–water partition coefficient (Wildman–Crippen LogP) is 1.85. The number of para-hydroxylation sites is 1. The molecule has 1 aromatic heterocycles. The average Bonchev–Trinajstić information content (AvgIpc) is 3.22. The number of benzene rings is 1. The zero-order valence-electron chi connectivity index (χ0n) is 15.2. The van der Waals surface area contributed by atoms with E-state index in [0.717, 1.165) is 11.3 Å². The summed E-state index contributed by atoms with van der Waals surface area (Å²) in [5.74, 6) is 1.52. The van der Waals surface area contributed by atoms with Crippen LogP contribution in [0.5, 0.6) is 11.5 Å². The first-order valence-corrected chi connectivity index (χ1v) is 8.82. The Kier molecular flexibility index (Phi) is 6.12. The maximum absolute atomic E-state index is 12.2. The number of carbonyl (C=O) groups excluding carboxylic acids is 1. The smallest absolute Gasteiger partial charge is 0.220 e. The molecule has 3 rings (SSSR count). The first kappa shape index (κ1) is 18.3. The topological polar surface area (TPSA) is 74.6 Å². The number of aromatic nitrogens is 2. The Bertz CT molecular complexity index is 731. The summed E-state index contributed by atoms with van der Waals surface area (Å²) in [6.07, 6.45) is 4.30. The van der Waals surface area contributed by atoms with Crippen molar-refractivity contribution in [2.45, 2.75) is 31.9 Å². The van der Waals surface area contributed by atoms with Crippen molar-refractivity contribution in [3.05, 3.63) is 42.2 Å². The molecule has 1 aromatic carbocycles. The number of nitrogens with one attached hydrogen (secondary N) is 1. The second-order valence-electron chi connectivity index (χ2n) is 6.43. The Morgan fingerprint density at radius 2 is 2.23 bits per heavy atom. The van der Waals surface area contributed by atoms with Crippen molar-refractivity contribution in [3.8, 4) is 11.5 Å². The molecule has 1 fully saturated rings. The maximum atomic E-state index is 12.2. The normalized spacial score (nSPS) is 19.3. The van der Waals surface area contributed by atoms with Gasteiger partial charge < -0.3 is 19.5 Å². The lowest BCUT2D eigenvalue weighted by atomic mass is 10.2. The van der Waals surface area contributed by atoms with E-state index in [-0.39, 0.29) is 18.1 Å². The summed E-state index contributed by atoms with van der Waals surface area (Å²) in [6.45, 7) is 3.42. The van der Waals surface area contributed by atoms with Crippen molar-refractivity contribution in [1.82, 2.24) is 15.1 Å². The van der Waals surface area contributed by atoms with Crippen LogP contribution in [0.2, 0.25) is 0 Å². The second-order valence-corrected chi connectivity index (χ2v) is 6.43. The lowest BCUT2D eigenvalue weighted by Crippen LogP contribution is -2.45. The summed E-state index contributed by atoms with van der Waals surface area (Å²) in [7, 11) is 1.83. The first-order chi connectivity index (χ1) is 12.6. The molecule has 7 heteroatoms. The highest BCUT2D eigenvalue weighted by molar-refractivity contribution is 5.76. The molecule has 0 unspecified atom stereocenters. The van der Waals surface area contributed by atoms with Crippen molar-refractivity contribution in [2.75, 3.05) is 19.8 Å². The van der Waals surface area contributed by atoms with E-state index >= 15 is 0 Å². The summed E-state index contributed by atoms with van der Waals surface area (Å²) >= 11 is 0. The molecule has 2 aromatic rings. The average molecular weight is 359 g/mol. The lowest BCUT2D eigenvalue weighted by molar-refractivity contribution is -0.122. The molecular formula is C19H25N3O4. The zero-order valence-corrected chi connectivity index (χ0v) is 15.2. The number of carbonyl (C=O) groups is 1. The number of hydrogen-bond donors (Lipinski definition) is 1. The van der Waals surface area contributed by atoms with Crippen LogP contribution in [0.15, 0.2) is 36.7 Å². The van der Waals surface area contributed by atoms with Gasteiger partial charge in [-0.1, -0.05) is 18.2 Å². The van der Waals surface area contributed by atoms with Crippen LogP contribution in [0.3, 0.4) is 0 Å². The fourth-order valence-electron chi connectivity index (χ4n) is 2.83. The van der Waals surface area contributed by atoms with Crippen LogP contribution in [0.25, 0.3) is 0 Å². The van der Waals surface area contributed by atoms with Crippen LogP contribution < -0.4 is 14.8 Å². The fourth-order valence-corrected chi connectivity index (χ4v) is 2.83. The van der Waals surface area contributed by atoms with Crippen molar-refractivity contribution in [2.24, 2.45) is 7.05 Å². The number of ether oxygens (including phenoxy) is 3. The van der Waals surface area contributed by atoms with E-state index in [9.17, 15) is 4.79 Å². The molecule has 26 heavy (non-hydrogen) atoms. The van der Waals surface area contributed by atoms with Crippen LogP contribution in [0, 0.1) is 6.92 Å². The van der Waals surface area contributed by atoms with Crippen LogP contribution >= 0.6 is 0 Å². The number of aryl methyl sites for hydroxylation is 2. The van der Waals surface area contributed by atoms with E-state index in [1.807, 2.05) is 38.2 Å². The summed E-state index contributed by atoms with van der Waals surface area (Å²) in [4.78, 5) is 12.2. The van der Waals surface area contributed by atoms with Gasteiger partial charge in [0.1, 0.15) is 11.9 Å². The fraction of sp³-hybridized carbons (Fsp3) is 0.474. The van der Waals surface area contributed by atoms with Gasteiger partial charge in [0, 0.05) is 13.5 Å². The third-order valence-corrected chi connectivity index (χ3v) is 4.24. The monoisotopic (exact) mass is 359 g/mol. The summed E-state index contributed by atoms with van der Waals surface area (Å²) in [6, 6.07) is 7.71. The molecule has 0 spiro atoms. The van der Waals surface area contributed by atoms with Gasteiger partial charge in [-0.2, -0.15) is 5.10 Å². The van der Waals surface area contributed by atoms with Gasteiger partial charge in [0.25, 0.3) is 0 Å². The molecule has 7 nitrogen and oxygen atoms in total. The third-order valence-electron chi connectivity index (χ3n) is 4.24. The highest BCUT2D eigenvalue weighted by Gasteiger charge is 2.31. The molecule has 0 saturated carbocycles. The molecular weight excluding hydrogens is 334 g/mol. The van der Waals surface area contributed by atoms with Crippen molar-refractivity contribution in [1.29, 1.82) is 0 Å². The van der Waals surface area contributed by atoms with Gasteiger partial charge in [0.2, 0.25) is 5.91 Å². The minimum atomic E-state index is -0.202. The van der Waals surface area contributed by atoms with Crippen molar-refractivity contribution < 1.29 is 19.0 Å². The highest BCUT2D eigenvalue weighted by Crippen LogP contribution is 2.17. The van der Waals surface area contributed by atoms with Gasteiger partial charge in [0.05, 0.1) is 38.3 Å². The van der Waals surface area contributed by atoms with Crippen LogP contribution in [0.4, 0.5) is 0 Å². The van der Waals surface area contributed by atoms with Crippen LogP contribution in [-0.2, 0) is 16.6 Å². The molecule has 1 saturated heterocycles. The van der Waals surface area contributed by atoms with E-state index in [0.29, 0.717) is 38.4 Å². The minimum Gasteiger partial charge on any atom is -0.493 e. The Labute approximate surface area is 153 Å². The first-order valence-electron chi connectivity index (χ1n) is 8.82.